The average molecular weight is 310 g/mol. The Morgan fingerprint density at radius 2 is 1.77 bits per heavy atom. The minimum absolute atomic E-state index is 0.0296. The molecule has 2 N–H and O–H groups in total. The highest BCUT2D eigenvalue weighted by molar-refractivity contribution is 5.89. The number of nitrogens with two attached hydrogens (primary N) is 1. The zero-order valence-electron chi connectivity index (χ0n) is 14.3. The fourth-order valence-corrected chi connectivity index (χ4v) is 3.45. The predicted molar refractivity (Wildman–Crippen MR) is 86.4 cm³/mol. The van der Waals surface area contributed by atoms with Gasteiger partial charge in [-0.2, -0.15) is 0 Å². The number of nitrogens with zero attached hydrogens (tertiary/aromatic N) is 3. The standard InChI is InChI=1S/C16H30N4O2/c1-12(2)18-10-6-13(7-11-18)19-8-5-9-20(15(19)22)16(3,4)14(17)21/h12-13H,5-11H2,1-4H3,(H2,17,21). The first-order chi connectivity index (χ1) is 10.2. The van der Waals surface area contributed by atoms with Crippen LogP contribution < -0.4 is 5.73 Å². The Bertz CT molecular complexity index is 428. The van der Waals surface area contributed by atoms with Crippen LogP contribution in [0, 0.1) is 0 Å². The number of hydrogen-bond acceptors (Lipinski definition) is 3. The maximum atomic E-state index is 12.8. The van der Waals surface area contributed by atoms with E-state index in [1.165, 1.54) is 0 Å². The van der Waals surface area contributed by atoms with Crippen LogP contribution >= 0.6 is 0 Å². The molecule has 2 saturated heterocycles. The van der Waals surface area contributed by atoms with Crippen molar-refractivity contribution in [1.82, 2.24) is 14.7 Å². The van der Waals surface area contributed by atoms with Crippen molar-refractivity contribution in [2.24, 2.45) is 5.73 Å². The van der Waals surface area contributed by atoms with Gasteiger partial charge in [-0.05, 0) is 47.0 Å². The van der Waals surface area contributed by atoms with Gasteiger partial charge in [-0.3, -0.25) is 4.79 Å². The van der Waals surface area contributed by atoms with Crippen molar-refractivity contribution in [3.05, 3.63) is 0 Å². The smallest absolute Gasteiger partial charge is 0.321 e. The quantitative estimate of drug-likeness (QED) is 0.849. The molecule has 2 heterocycles. The molecule has 0 unspecified atom stereocenters. The fraction of sp³-hybridized carbons (Fsp3) is 0.875. The number of rotatable bonds is 4. The van der Waals surface area contributed by atoms with Gasteiger partial charge in [-0.15, -0.1) is 0 Å². The number of primary amides is 1. The summed E-state index contributed by atoms with van der Waals surface area (Å²) in [7, 11) is 0. The lowest BCUT2D eigenvalue weighted by atomic mass is 9.98. The van der Waals surface area contributed by atoms with E-state index >= 15 is 0 Å². The van der Waals surface area contributed by atoms with Crippen LogP contribution in [0.5, 0.6) is 0 Å². The van der Waals surface area contributed by atoms with Gasteiger partial charge < -0.3 is 20.4 Å². The SMILES string of the molecule is CC(C)N1CCC(N2CCCN(C(C)(C)C(N)=O)C2=O)CC1. The van der Waals surface area contributed by atoms with Crippen LogP contribution in [-0.4, -0.2) is 70.4 Å². The fourth-order valence-electron chi connectivity index (χ4n) is 3.45. The number of carbonyl (C=O) groups excluding carboxylic acids is 2. The van der Waals surface area contributed by atoms with E-state index in [9.17, 15) is 9.59 Å². The van der Waals surface area contributed by atoms with Crippen LogP contribution in [0.4, 0.5) is 4.79 Å². The van der Waals surface area contributed by atoms with Gasteiger partial charge in [0.15, 0.2) is 0 Å². The highest BCUT2D eigenvalue weighted by Crippen LogP contribution is 2.26. The molecule has 0 saturated carbocycles. The highest BCUT2D eigenvalue weighted by atomic mass is 16.2. The monoisotopic (exact) mass is 310 g/mol. The second-order valence-electron chi connectivity index (χ2n) is 7.27. The summed E-state index contributed by atoms with van der Waals surface area (Å²) in [4.78, 5) is 30.6. The molecule has 0 aromatic rings. The zero-order valence-corrected chi connectivity index (χ0v) is 14.3. The van der Waals surface area contributed by atoms with Gasteiger partial charge in [0.05, 0.1) is 0 Å². The van der Waals surface area contributed by atoms with Gasteiger partial charge in [-0.25, -0.2) is 4.79 Å². The number of carbonyl (C=O) groups is 2. The maximum absolute atomic E-state index is 12.8. The van der Waals surface area contributed by atoms with E-state index < -0.39 is 11.4 Å². The Morgan fingerprint density at radius 3 is 2.27 bits per heavy atom. The number of urea groups is 1. The average Bonchev–Trinajstić information content (AvgIpc) is 2.47. The van der Waals surface area contributed by atoms with Crippen LogP contribution in [-0.2, 0) is 4.79 Å². The van der Waals surface area contributed by atoms with E-state index in [4.69, 9.17) is 5.73 Å². The highest BCUT2D eigenvalue weighted by Gasteiger charge is 2.42. The maximum Gasteiger partial charge on any atom is 0.321 e. The van der Waals surface area contributed by atoms with E-state index in [1.807, 2.05) is 4.90 Å². The summed E-state index contributed by atoms with van der Waals surface area (Å²) < 4.78 is 0. The van der Waals surface area contributed by atoms with Crippen LogP contribution in [0.25, 0.3) is 0 Å². The Kier molecular flexibility index (Phi) is 5.00. The van der Waals surface area contributed by atoms with Crippen molar-refractivity contribution in [1.29, 1.82) is 0 Å². The molecule has 0 spiro atoms. The van der Waals surface area contributed by atoms with Crippen LogP contribution in [0.3, 0.4) is 0 Å². The third kappa shape index (κ3) is 3.21. The summed E-state index contributed by atoms with van der Waals surface area (Å²) in [5.74, 6) is -0.447. The second-order valence-corrected chi connectivity index (χ2v) is 7.27. The topological polar surface area (TPSA) is 69.9 Å². The summed E-state index contributed by atoms with van der Waals surface area (Å²) >= 11 is 0. The van der Waals surface area contributed by atoms with Gasteiger partial charge in [-0.1, -0.05) is 0 Å². The largest absolute Gasteiger partial charge is 0.368 e. The molecule has 0 aromatic heterocycles. The van der Waals surface area contributed by atoms with Crippen LogP contribution in [0.1, 0.15) is 47.0 Å². The Hall–Kier alpha value is -1.30. The van der Waals surface area contributed by atoms with Gasteiger partial charge in [0.1, 0.15) is 5.54 Å². The Labute approximate surface area is 133 Å². The van der Waals surface area contributed by atoms with Crippen LogP contribution in [0.15, 0.2) is 0 Å². The molecule has 6 nitrogen and oxygen atoms in total. The lowest BCUT2D eigenvalue weighted by Crippen LogP contribution is -2.64. The summed E-state index contributed by atoms with van der Waals surface area (Å²) in [5, 5.41) is 0. The van der Waals surface area contributed by atoms with Gasteiger partial charge >= 0.3 is 6.03 Å². The molecule has 2 fully saturated rings. The molecule has 0 atom stereocenters. The third-order valence-electron chi connectivity index (χ3n) is 5.21. The molecule has 0 aliphatic carbocycles. The first kappa shape index (κ1) is 17.1. The molecule has 2 aliphatic rings. The molecule has 126 valence electrons. The lowest BCUT2D eigenvalue weighted by Gasteiger charge is -2.47. The molecular formula is C16H30N4O2. The van der Waals surface area contributed by atoms with E-state index in [-0.39, 0.29) is 12.1 Å². The third-order valence-corrected chi connectivity index (χ3v) is 5.21. The molecule has 3 amide bonds. The Balaban J connectivity index is 2.04. The van der Waals surface area contributed by atoms with Crippen molar-refractivity contribution in [2.45, 2.75) is 64.6 Å². The summed E-state index contributed by atoms with van der Waals surface area (Å²) in [5.41, 5.74) is 4.56. The van der Waals surface area contributed by atoms with E-state index in [2.05, 4.69) is 18.7 Å². The normalized spacial score (nSPS) is 22.5. The predicted octanol–water partition coefficient (Wildman–Crippen LogP) is 1.25. The molecule has 2 rings (SSSR count). The summed E-state index contributed by atoms with van der Waals surface area (Å²) in [6.07, 6.45) is 2.91. The molecule has 0 aromatic carbocycles. The molecular weight excluding hydrogens is 280 g/mol. The lowest BCUT2D eigenvalue weighted by molar-refractivity contribution is -0.127. The molecule has 22 heavy (non-hydrogen) atoms. The van der Waals surface area contributed by atoms with Crippen molar-refractivity contribution < 1.29 is 9.59 Å². The Morgan fingerprint density at radius 1 is 1.18 bits per heavy atom. The molecule has 0 bridgehead atoms. The summed E-state index contributed by atoms with van der Waals surface area (Å²) in [6, 6.07) is 0.815. The van der Waals surface area contributed by atoms with Gasteiger partial charge in [0, 0.05) is 38.3 Å². The molecule has 6 heteroatoms. The van der Waals surface area contributed by atoms with Crippen molar-refractivity contribution in [2.75, 3.05) is 26.2 Å². The van der Waals surface area contributed by atoms with E-state index in [0.717, 1.165) is 38.9 Å². The summed E-state index contributed by atoms with van der Waals surface area (Å²) in [6.45, 7) is 11.4. The second kappa shape index (κ2) is 6.44. The van der Waals surface area contributed by atoms with E-state index in [1.54, 1.807) is 18.7 Å². The van der Waals surface area contributed by atoms with Crippen molar-refractivity contribution >= 4 is 11.9 Å². The number of hydrogen-bond donors (Lipinski definition) is 1. The number of likely N-dealkylation sites (tertiary alicyclic amines) is 1. The van der Waals surface area contributed by atoms with Gasteiger partial charge in [0.2, 0.25) is 5.91 Å². The molecule has 0 radical (unpaired) electrons. The van der Waals surface area contributed by atoms with Crippen LogP contribution in [0.2, 0.25) is 0 Å². The van der Waals surface area contributed by atoms with Gasteiger partial charge in [0.25, 0.3) is 0 Å². The number of amides is 3. The van der Waals surface area contributed by atoms with E-state index in [0.29, 0.717) is 12.6 Å². The zero-order chi connectivity index (χ0) is 16.5. The minimum atomic E-state index is -0.922. The van der Waals surface area contributed by atoms with Crippen molar-refractivity contribution in [3.63, 3.8) is 0 Å². The first-order valence-electron chi connectivity index (χ1n) is 8.37. The van der Waals surface area contributed by atoms with Crippen molar-refractivity contribution in [3.8, 4) is 0 Å². The number of piperidine rings is 1. The molecule has 2 aliphatic heterocycles. The minimum Gasteiger partial charge on any atom is -0.368 e. The first-order valence-corrected chi connectivity index (χ1v) is 8.37.